The van der Waals surface area contributed by atoms with Crippen LogP contribution in [0.2, 0.25) is 0 Å². The molecule has 0 fully saturated rings. The van der Waals surface area contributed by atoms with E-state index < -0.39 is 36.3 Å². The molecular weight excluding hydrogens is 652 g/mol. The fourth-order valence-electron chi connectivity index (χ4n) is 3.58. The van der Waals surface area contributed by atoms with Crippen LogP contribution in [0.15, 0.2) is 46.9 Å². The summed E-state index contributed by atoms with van der Waals surface area (Å²) in [5.41, 5.74) is 1.87. The average molecular weight is 684 g/mol. The molecule has 2 aromatic heterocycles. The summed E-state index contributed by atoms with van der Waals surface area (Å²) in [6, 6.07) is 9.63. The third-order valence-electron chi connectivity index (χ3n) is 5.87. The van der Waals surface area contributed by atoms with Crippen molar-refractivity contribution in [1.82, 2.24) is 19.9 Å². The highest BCUT2D eigenvalue weighted by Gasteiger charge is 2.15. The zero-order chi connectivity index (χ0) is 32.4. The Labute approximate surface area is 259 Å². The first kappa shape index (κ1) is 34.7. The van der Waals surface area contributed by atoms with Gasteiger partial charge in [0.05, 0.1) is 29.9 Å². The second kappa shape index (κ2) is 16.4. The third kappa shape index (κ3) is 9.89. The van der Waals surface area contributed by atoms with Crippen LogP contribution in [0.1, 0.15) is 18.3 Å². The van der Waals surface area contributed by atoms with Crippen LogP contribution < -0.4 is 10.6 Å². The molecule has 44 heavy (non-hydrogen) atoms. The fourth-order valence-corrected chi connectivity index (χ4v) is 3.83. The summed E-state index contributed by atoms with van der Waals surface area (Å²) in [5, 5.41) is 42.0. The number of hydrogen-bond donors (Lipinski definition) is 6. The highest BCUT2D eigenvalue weighted by Crippen LogP contribution is 2.24. The number of nitrogens with zero attached hydrogens (tertiary/aromatic N) is 4. The monoisotopic (exact) mass is 682 g/mol. The number of halogens is 5. The second-order valence-electron chi connectivity index (χ2n) is 9.46. The fraction of sp³-hybridized carbons (Fsp3) is 0.310. The van der Waals surface area contributed by atoms with E-state index in [0.29, 0.717) is 45.3 Å². The number of benzene rings is 2. The van der Waals surface area contributed by atoms with Gasteiger partial charge in [0.15, 0.2) is 29.1 Å². The number of aliphatic hydroxyl groups is 4. The Morgan fingerprint density at radius 1 is 0.727 bits per heavy atom. The first-order valence-corrected chi connectivity index (χ1v) is 14.1. The second-order valence-corrected chi connectivity index (χ2v) is 10.3. The summed E-state index contributed by atoms with van der Waals surface area (Å²) in [5.74, 6) is -3.33. The van der Waals surface area contributed by atoms with E-state index >= 15 is 0 Å². The van der Waals surface area contributed by atoms with Crippen molar-refractivity contribution in [2.24, 2.45) is 0 Å². The van der Waals surface area contributed by atoms with Gasteiger partial charge in [-0.2, -0.15) is 0 Å². The molecule has 0 saturated carbocycles. The molecule has 4 rings (SSSR count). The minimum absolute atomic E-state index is 0.00227. The lowest BCUT2D eigenvalue weighted by Gasteiger charge is -2.12. The highest BCUT2D eigenvalue weighted by atomic mass is 79.9. The molecule has 2 atom stereocenters. The lowest BCUT2D eigenvalue weighted by Crippen LogP contribution is -2.23. The van der Waals surface area contributed by atoms with Gasteiger partial charge in [-0.05, 0) is 59.6 Å². The van der Waals surface area contributed by atoms with Crippen LogP contribution >= 0.6 is 15.9 Å². The van der Waals surface area contributed by atoms with Gasteiger partial charge in [-0.3, -0.25) is 0 Å². The molecule has 236 valence electrons. The van der Waals surface area contributed by atoms with E-state index in [0.717, 1.165) is 12.1 Å². The number of hydrogen-bond acceptors (Lipinski definition) is 10. The van der Waals surface area contributed by atoms with Gasteiger partial charge in [0.25, 0.3) is 0 Å². The summed E-state index contributed by atoms with van der Waals surface area (Å²) >= 11 is 3.10. The Kier molecular flexibility index (Phi) is 12.9. The molecular formula is C29H31BrF4N6O4. The first-order chi connectivity index (χ1) is 20.9. The van der Waals surface area contributed by atoms with Gasteiger partial charge in [-0.1, -0.05) is 6.92 Å². The van der Waals surface area contributed by atoms with Crippen LogP contribution in [0.3, 0.4) is 0 Å². The summed E-state index contributed by atoms with van der Waals surface area (Å²) in [6.07, 6.45) is -1.30. The maximum absolute atomic E-state index is 13.6. The maximum Gasteiger partial charge on any atom is 0.194 e. The molecule has 0 aliphatic carbocycles. The molecule has 4 aromatic rings. The largest absolute Gasteiger partial charge is 0.394 e. The Balaban J connectivity index is 0.000000241. The van der Waals surface area contributed by atoms with Gasteiger partial charge >= 0.3 is 0 Å². The van der Waals surface area contributed by atoms with E-state index in [9.17, 15) is 27.8 Å². The van der Waals surface area contributed by atoms with Crippen molar-refractivity contribution in [3.05, 3.63) is 81.6 Å². The number of aryl methyl sites for hydroxylation is 2. The molecule has 0 radical (unpaired) electrons. The third-order valence-corrected chi connectivity index (χ3v) is 6.52. The van der Waals surface area contributed by atoms with Crippen molar-refractivity contribution in [1.29, 1.82) is 0 Å². The molecule has 0 bridgehead atoms. The zero-order valence-electron chi connectivity index (χ0n) is 23.7. The predicted molar refractivity (Wildman–Crippen MR) is 160 cm³/mol. The van der Waals surface area contributed by atoms with E-state index in [1.807, 2.05) is 6.92 Å². The van der Waals surface area contributed by atoms with Gasteiger partial charge in [0, 0.05) is 47.7 Å². The standard InChI is InChI=1S/C15H16F3N3O2.C14H15BrFN3O2/c1-2-9-5-13(19-6-10(23)7-22)21-15(20-9)8-3-11(16)14(18)12(17)4-8;1-8-4-13(17-6-10(21)7-20)19-14(18-8)9-2-3-11(15)12(16)5-9/h3-5,10,22-23H,2,6-7H2,1H3,(H,19,20,21);2-5,10,20-21H,6-7H2,1H3,(H,17,18,19)/t2*10-/m10/s1. The molecule has 0 unspecified atom stereocenters. The molecule has 2 aromatic carbocycles. The molecule has 0 amide bonds. The van der Waals surface area contributed by atoms with E-state index in [1.165, 1.54) is 6.07 Å². The van der Waals surface area contributed by atoms with Crippen molar-refractivity contribution < 1.29 is 38.0 Å². The van der Waals surface area contributed by atoms with E-state index in [2.05, 4.69) is 46.5 Å². The van der Waals surface area contributed by atoms with Gasteiger partial charge < -0.3 is 31.1 Å². The Hall–Kier alpha value is -3.76. The Morgan fingerprint density at radius 2 is 1.25 bits per heavy atom. The quantitative estimate of drug-likeness (QED) is 0.101. The maximum atomic E-state index is 13.6. The summed E-state index contributed by atoms with van der Waals surface area (Å²) < 4.78 is 53.7. The van der Waals surface area contributed by atoms with Crippen molar-refractivity contribution in [3.8, 4) is 22.8 Å². The molecule has 6 N–H and O–H groups in total. The molecule has 10 nitrogen and oxygen atoms in total. The molecule has 0 aliphatic rings. The van der Waals surface area contributed by atoms with Crippen LogP contribution in [0.4, 0.5) is 29.2 Å². The minimum Gasteiger partial charge on any atom is -0.394 e. The van der Waals surface area contributed by atoms with Crippen molar-refractivity contribution in [2.45, 2.75) is 32.5 Å². The van der Waals surface area contributed by atoms with Crippen molar-refractivity contribution >= 4 is 27.6 Å². The SMILES string of the molecule is CCc1cc(NC[C@@H](O)CO)nc(-c2cc(F)c(F)c(F)c2)n1.Cc1cc(NC[C@H](O)CO)nc(-c2ccc(Br)c(F)c2)n1. The molecule has 2 heterocycles. The zero-order valence-corrected chi connectivity index (χ0v) is 25.3. The first-order valence-electron chi connectivity index (χ1n) is 13.3. The van der Waals surface area contributed by atoms with Gasteiger partial charge in [0.1, 0.15) is 17.5 Å². The number of anilines is 2. The van der Waals surface area contributed by atoms with Gasteiger partial charge in [-0.25, -0.2) is 37.5 Å². The normalized spacial score (nSPS) is 12.2. The van der Waals surface area contributed by atoms with Gasteiger partial charge in [0.2, 0.25) is 0 Å². The number of nitrogens with one attached hydrogen (secondary N) is 2. The van der Waals surface area contributed by atoms with Crippen LogP contribution in [-0.4, -0.2) is 78.9 Å². The average Bonchev–Trinajstić information content (AvgIpc) is 3.02. The lowest BCUT2D eigenvalue weighted by atomic mass is 10.2. The smallest absolute Gasteiger partial charge is 0.194 e. The van der Waals surface area contributed by atoms with Crippen molar-refractivity contribution in [3.63, 3.8) is 0 Å². The molecule has 0 aliphatic heterocycles. The summed E-state index contributed by atoms with van der Waals surface area (Å²) in [4.78, 5) is 16.8. The van der Waals surface area contributed by atoms with Crippen LogP contribution in [0.5, 0.6) is 0 Å². The van der Waals surface area contributed by atoms with E-state index in [4.69, 9.17) is 10.2 Å². The van der Waals surface area contributed by atoms with E-state index in [1.54, 1.807) is 31.2 Å². The van der Waals surface area contributed by atoms with Crippen LogP contribution in [0, 0.1) is 30.2 Å². The van der Waals surface area contributed by atoms with Crippen LogP contribution in [-0.2, 0) is 6.42 Å². The molecule has 15 heteroatoms. The summed E-state index contributed by atoms with van der Waals surface area (Å²) in [6.45, 7) is 3.10. The highest BCUT2D eigenvalue weighted by molar-refractivity contribution is 9.10. The summed E-state index contributed by atoms with van der Waals surface area (Å²) in [7, 11) is 0. The Bertz CT molecular complexity index is 1550. The number of aliphatic hydroxyl groups excluding tert-OH is 4. The minimum atomic E-state index is -1.55. The van der Waals surface area contributed by atoms with Crippen LogP contribution in [0.25, 0.3) is 22.8 Å². The van der Waals surface area contributed by atoms with Gasteiger partial charge in [-0.15, -0.1) is 0 Å². The van der Waals surface area contributed by atoms with Crippen molar-refractivity contribution in [2.75, 3.05) is 36.9 Å². The topological polar surface area (TPSA) is 157 Å². The molecule has 0 spiro atoms. The Morgan fingerprint density at radius 3 is 1.77 bits per heavy atom. The number of rotatable bonds is 11. The predicted octanol–water partition coefficient (Wildman–Crippen LogP) is 4.01. The molecule has 0 saturated heterocycles. The lowest BCUT2D eigenvalue weighted by molar-refractivity contribution is 0.105. The number of aromatic nitrogens is 4. The van der Waals surface area contributed by atoms with E-state index in [-0.39, 0.29) is 36.9 Å².